The van der Waals surface area contributed by atoms with E-state index in [1.807, 2.05) is 13.8 Å². The van der Waals surface area contributed by atoms with Gasteiger partial charge in [0.15, 0.2) is 5.75 Å². The van der Waals surface area contributed by atoms with Gasteiger partial charge in [-0.15, -0.1) is 0 Å². The summed E-state index contributed by atoms with van der Waals surface area (Å²) in [7, 11) is 0. The van der Waals surface area contributed by atoms with Crippen LogP contribution in [0, 0.1) is 16.0 Å². The van der Waals surface area contributed by atoms with Crippen LogP contribution in [0.1, 0.15) is 32.3 Å². The van der Waals surface area contributed by atoms with Crippen molar-refractivity contribution in [2.24, 2.45) is 11.0 Å². The van der Waals surface area contributed by atoms with E-state index in [0.717, 1.165) is 6.42 Å². The summed E-state index contributed by atoms with van der Waals surface area (Å²) in [6, 6.07) is 4.75. The summed E-state index contributed by atoms with van der Waals surface area (Å²) in [5.41, 5.74) is 3.58. The van der Waals surface area contributed by atoms with Gasteiger partial charge < -0.3 is 4.74 Å². The number of nitro benzene ring substituents is 1. The first-order valence-electron chi connectivity index (χ1n) is 6.81. The van der Waals surface area contributed by atoms with Gasteiger partial charge in [-0.3, -0.25) is 14.9 Å². The Kier molecular flexibility index (Phi) is 4.52. The minimum atomic E-state index is -0.471. The molecule has 1 aliphatic heterocycles. The molecule has 0 saturated heterocycles. The van der Waals surface area contributed by atoms with Crippen LogP contribution in [0.5, 0.6) is 5.75 Å². The molecule has 0 aliphatic carbocycles. The molecule has 1 aliphatic rings. The van der Waals surface area contributed by atoms with Crippen molar-refractivity contribution in [3.05, 3.63) is 33.9 Å². The molecule has 7 nitrogen and oxygen atoms in total. The lowest BCUT2D eigenvalue weighted by Gasteiger charge is -2.19. The third-order valence-corrected chi connectivity index (χ3v) is 3.17. The summed E-state index contributed by atoms with van der Waals surface area (Å²) >= 11 is 0. The highest BCUT2D eigenvalue weighted by molar-refractivity contribution is 6.06. The Morgan fingerprint density at radius 2 is 2.29 bits per heavy atom. The second-order valence-corrected chi connectivity index (χ2v) is 4.93. The van der Waals surface area contributed by atoms with Gasteiger partial charge in [0.05, 0.1) is 17.2 Å². The van der Waals surface area contributed by atoms with E-state index in [0.29, 0.717) is 24.3 Å². The number of hydrazone groups is 1. The van der Waals surface area contributed by atoms with Crippen molar-refractivity contribution in [2.45, 2.75) is 26.7 Å². The molecule has 0 spiro atoms. The molecular weight excluding hydrogens is 274 g/mol. The smallest absolute Gasteiger partial charge is 0.311 e. The van der Waals surface area contributed by atoms with E-state index < -0.39 is 4.92 Å². The maximum Gasteiger partial charge on any atom is 0.311 e. The Morgan fingerprint density at radius 3 is 2.90 bits per heavy atom. The number of hydrogen-bond donors (Lipinski definition) is 1. The predicted molar refractivity (Wildman–Crippen MR) is 77.3 cm³/mol. The molecule has 0 radical (unpaired) electrons. The zero-order valence-corrected chi connectivity index (χ0v) is 12.0. The molecule has 0 saturated carbocycles. The quantitative estimate of drug-likeness (QED) is 0.665. The number of benzene rings is 1. The van der Waals surface area contributed by atoms with E-state index in [-0.39, 0.29) is 23.3 Å². The van der Waals surface area contributed by atoms with Crippen LogP contribution >= 0.6 is 0 Å². The molecule has 7 heteroatoms. The van der Waals surface area contributed by atoms with Gasteiger partial charge in [-0.05, 0) is 18.6 Å². The van der Waals surface area contributed by atoms with Gasteiger partial charge in [0.25, 0.3) is 0 Å². The van der Waals surface area contributed by atoms with E-state index in [1.54, 1.807) is 12.1 Å². The summed E-state index contributed by atoms with van der Waals surface area (Å²) in [6.45, 7) is 4.22. The SMILES string of the molecule is CCCOc1ccc(C2=NNC(=O)CC2C)cc1[N+](=O)[O-]. The molecule has 1 aromatic rings. The Morgan fingerprint density at radius 1 is 1.52 bits per heavy atom. The molecule has 1 amide bonds. The highest BCUT2D eigenvalue weighted by Crippen LogP contribution is 2.30. The van der Waals surface area contributed by atoms with Crippen LogP contribution in [0.25, 0.3) is 0 Å². The number of amides is 1. The number of rotatable bonds is 5. The molecule has 2 rings (SSSR count). The number of carbonyl (C=O) groups is 1. The van der Waals surface area contributed by atoms with Crippen LogP contribution in [0.2, 0.25) is 0 Å². The van der Waals surface area contributed by atoms with Crippen molar-refractivity contribution in [3.8, 4) is 5.75 Å². The maximum absolute atomic E-state index is 11.3. The molecule has 0 aromatic heterocycles. The van der Waals surface area contributed by atoms with Gasteiger partial charge in [0.1, 0.15) is 0 Å². The van der Waals surface area contributed by atoms with E-state index in [4.69, 9.17) is 4.74 Å². The van der Waals surface area contributed by atoms with Gasteiger partial charge in [-0.2, -0.15) is 5.10 Å². The minimum Gasteiger partial charge on any atom is -0.487 e. The predicted octanol–water partition coefficient (Wildman–Crippen LogP) is 2.24. The number of carbonyl (C=O) groups excluding carboxylic acids is 1. The van der Waals surface area contributed by atoms with Crippen LogP contribution in [-0.2, 0) is 4.79 Å². The van der Waals surface area contributed by atoms with Crippen molar-refractivity contribution in [1.29, 1.82) is 0 Å². The largest absolute Gasteiger partial charge is 0.487 e. The lowest BCUT2D eigenvalue weighted by atomic mass is 9.94. The number of nitro groups is 1. The zero-order valence-electron chi connectivity index (χ0n) is 12.0. The van der Waals surface area contributed by atoms with Crippen molar-refractivity contribution in [1.82, 2.24) is 5.43 Å². The van der Waals surface area contributed by atoms with Gasteiger partial charge in [0.2, 0.25) is 5.91 Å². The number of nitrogens with one attached hydrogen (secondary N) is 1. The van der Waals surface area contributed by atoms with Crippen LogP contribution < -0.4 is 10.2 Å². The number of ether oxygens (including phenoxy) is 1. The molecule has 0 fully saturated rings. The van der Waals surface area contributed by atoms with Crippen molar-refractivity contribution in [3.63, 3.8) is 0 Å². The lowest BCUT2D eigenvalue weighted by molar-refractivity contribution is -0.385. The fourth-order valence-corrected chi connectivity index (χ4v) is 2.16. The van der Waals surface area contributed by atoms with E-state index >= 15 is 0 Å². The summed E-state index contributed by atoms with van der Waals surface area (Å²) < 4.78 is 5.38. The molecule has 1 atom stereocenters. The standard InChI is InChI=1S/C14H17N3O4/c1-3-6-21-12-5-4-10(8-11(12)17(19)20)14-9(2)7-13(18)15-16-14/h4-5,8-9H,3,6-7H2,1-2H3,(H,15,18). The molecule has 21 heavy (non-hydrogen) atoms. The second-order valence-electron chi connectivity index (χ2n) is 4.93. The molecular formula is C14H17N3O4. The first-order chi connectivity index (χ1) is 10.0. The molecule has 1 N–H and O–H groups in total. The van der Waals surface area contributed by atoms with Crippen LogP contribution in [0.15, 0.2) is 23.3 Å². The Bertz CT molecular complexity index is 598. The average molecular weight is 291 g/mol. The molecule has 1 unspecified atom stereocenters. The third kappa shape index (κ3) is 3.36. The Balaban J connectivity index is 2.36. The van der Waals surface area contributed by atoms with Crippen LogP contribution in [-0.4, -0.2) is 23.1 Å². The summed E-state index contributed by atoms with van der Waals surface area (Å²) in [5.74, 6) is 0.0168. The van der Waals surface area contributed by atoms with E-state index in [9.17, 15) is 14.9 Å². The molecule has 0 bridgehead atoms. The van der Waals surface area contributed by atoms with Gasteiger partial charge in [0, 0.05) is 24.0 Å². The van der Waals surface area contributed by atoms with Gasteiger partial charge in [-0.25, -0.2) is 5.43 Å². The normalized spacial score (nSPS) is 17.9. The fraction of sp³-hybridized carbons (Fsp3) is 0.429. The first-order valence-corrected chi connectivity index (χ1v) is 6.81. The zero-order chi connectivity index (χ0) is 15.4. The summed E-state index contributed by atoms with van der Waals surface area (Å²) in [6.07, 6.45) is 1.09. The monoisotopic (exact) mass is 291 g/mol. The first kappa shape index (κ1) is 15.0. The summed E-state index contributed by atoms with van der Waals surface area (Å²) in [4.78, 5) is 21.9. The highest BCUT2D eigenvalue weighted by atomic mass is 16.6. The average Bonchev–Trinajstić information content (AvgIpc) is 2.45. The van der Waals surface area contributed by atoms with Crippen molar-refractivity contribution >= 4 is 17.3 Å². The topological polar surface area (TPSA) is 93.8 Å². The minimum absolute atomic E-state index is 0.0826. The molecule has 112 valence electrons. The van der Waals surface area contributed by atoms with Crippen molar-refractivity contribution < 1.29 is 14.5 Å². The number of nitrogens with zero attached hydrogens (tertiary/aromatic N) is 2. The van der Waals surface area contributed by atoms with Crippen LogP contribution in [0.4, 0.5) is 5.69 Å². The fourth-order valence-electron chi connectivity index (χ4n) is 2.16. The number of hydrogen-bond acceptors (Lipinski definition) is 5. The van der Waals surface area contributed by atoms with E-state index in [2.05, 4.69) is 10.5 Å². The van der Waals surface area contributed by atoms with Crippen LogP contribution in [0.3, 0.4) is 0 Å². The van der Waals surface area contributed by atoms with E-state index in [1.165, 1.54) is 6.07 Å². The Hall–Kier alpha value is -2.44. The highest BCUT2D eigenvalue weighted by Gasteiger charge is 2.24. The van der Waals surface area contributed by atoms with Gasteiger partial charge in [-0.1, -0.05) is 13.8 Å². The Labute approximate surface area is 122 Å². The molecule has 1 heterocycles. The van der Waals surface area contributed by atoms with Gasteiger partial charge >= 0.3 is 5.69 Å². The lowest BCUT2D eigenvalue weighted by Crippen LogP contribution is -2.31. The third-order valence-electron chi connectivity index (χ3n) is 3.17. The summed E-state index contributed by atoms with van der Waals surface area (Å²) in [5, 5.41) is 15.2. The second kappa shape index (κ2) is 6.34. The maximum atomic E-state index is 11.3. The van der Waals surface area contributed by atoms with Crippen molar-refractivity contribution in [2.75, 3.05) is 6.61 Å². The molecule has 1 aromatic carbocycles.